The number of fused-ring (bicyclic) bond motifs is 1. The van der Waals surface area contributed by atoms with Crippen LogP contribution in [0.15, 0.2) is 28.8 Å². The molecule has 2 aromatic rings. The van der Waals surface area contributed by atoms with Crippen LogP contribution in [0.4, 0.5) is 0 Å². The quantitative estimate of drug-likeness (QED) is 0.937. The Hall–Kier alpha value is -2.50. The highest BCUT2D eigenvalue weighted by atomic mass is 16.6. The van der Waals surface area contributed by atoms with Gasteiger partial charge in [-0.1, -0.05) is 11.2 Å². The largest absolute Gasteiger partial charge is 0.486 e. The van der Waals surface area contributed by atoms with Crippen LogP contribution in [0.2, 0.25) is 0 Å². The molecule has 6 nitrogen and oxygen atoms in total. The fraction of sp³-hybridized carbons (Fsp3) is 0.412. The predicted molar refractivity (Wildman–Crippen MR) is 83.5 cm³/mol. The van der Waals surface area contributed by atoms with Gasteiger partial charge in [-0.05, 0) is 38.5 Å². The first-order valence-electron chi connectivity index (χ1n) is 7.57. The SMILES string of the molecule is Cc1cc(CNC(=O)C(C)(C)c2ccc3c(c2)OCCO3)no1. The zero-order chi connectivity index (χ0) is 16.4. The highest BCUT2D eigenvalue weighted by Gasteiger charge is 2.31. The minimum absolute atomic E-state index is 0.0881. The second-order valence-corrected chi connectivity index (χ2v) is 6.10. The summed E-state index contributed by atoms with van der Waals surface area (Å²) in [5.74, 6) is 2.03. The predicted octanol–water partition coefficient (Wildman–Crippen LogP) is 2.35. The Labute approximate surface area is 134 Å². The number of hydrogen-bond donors (Lipinski definition) is 1. The van der Waals surface area contributed by atoms with Crippen LogP contribution in [0.5, 0.6) is 11.5 Å². The maximum atomic E-state index is 12.6. The van der Waals surface area contributed by atoms with E-state index in [1.54, 1.807) is 6.07 Å². The number of amides is 1. The topological polar surface area (TPSA) is 73.6 Å². The molecule has 1 aromatic heterocycles. The highest BCUT2D eigenvalue weighted by molar-refractivity contribution is 5.87. The van der Waals surface area contributed by atoms with Crippen molar-refractivity contribution in [2.45, 2.75) is 32.7 Å². The third kappa shape index (κ3) is 3.16. The lowest BCUT2D eigenvalue weighted by molar-refractivity contribution is -0.125. The van der Waals surface area contributed by atoms with Crippen molar-refractivity contribution in [3.63, 3.8) is 0 Å². The number of aromatic nitrogens is 1. The zero-order valence-corrected chi connectivity index (χ0v) is 13.5. The second kappa shape index (κ2) is 5.95. The molecule has 0 radical (unpaired) electrons. The molecule has 0 spiro atoms. The highest BCUT2D eigenvalue weighted by Crippen LogP contribution is 2.35. The number of nitrogens with zero attached hydrogens (tertiary/aromatic N) is 1. The fourth-order valence-corrected chi connectivity index (χ4v) is 2.46. The lowest BCUT2D eigenvalue weighted by Crippen LogP contribution is -2.39. The number of benzene rings is 1. The molecular formula is C17H20N2O4. The van der Waals surface area contributed by atoms with Gasteiger partial charge in [0.05, 0.1) is 12.0 Å². The average molecular weight is 316 g/mol. The lowest BCUT2D eigenvalue weighted by atomic mass is 9.83. The molecule has 3 rings (SSSR count). The van der Waals surface area contributed by atoms with Gasteiger partial charge >= 0.3 is 0 Å². The Morgan fingerprint density at radius 3 is 2.65 bits per heavy atom. The summed E-state index contributed by atoms with van der Waals surface area (Å²) < 4.78 is 16.1. The van der Waals surface area contributed by atoms with Crippen LogP contribution in [0.25, 0.3) is 0 Å². The molecule has 0 unspecified atom stereocenters. The average Bonchev–Trinajstić information content (AvgIpc) is 2.97. The molecule has 0 saturated heterocycles. The van der Waals surface area contributed by atoms with Gasteiger partial charge in [-0.15, -0.1) is 0 Å². The molecular weight excluding hydrogens is 296 g/mol. The first-order chi connectivity index (χ1) is 11.0. The molecule has 1 aliphatic heterocycles. The summed E-state index contributed by atoms with van der Waals surface area (Å²) in [4.78, 5) is 12.6. The van der Waals surface area contributed by atoms with Crippen molar-refractivity contribution in [3.8, 4) is 11.5 Å². The summed E-state index contributed by atoms with van der Waals surface area (Å²) in [6, 6.07) is 7.42. The van der Waals surface area contributed by atoms with E-state index in [2.05, 4.69) is 10.5 Å². The van der Waals surface area contributed by atoms with E-state index in [0.717, 1.165) is 11.3 Å². The molecule has 1 aliphatic rings. The Morgan fingerprint density at radius 1 is 1.22 bits per heavy atom. The summed E-state index contributed by atoms with van der Waals surface area (Å²) in [7, 11) is 0. The fourth-order valence-electron chi connectivity index (χ4n) is 2.46. The van der Waals surface area contributed by atoms with Crippen molar-refractivity contribution >= 4 is 5.91 Å². The number of carbonyl (C=O) groups is 1. The van der Waals surface area contributed by atoms with Crippen LogP contribution in [0.3, 0.4) is 0 Å². The number of ether oxygens (including phenoxy) is 2. The van der Waals surface area contributed by atoms with Crippen molar-refractivity contribution < 1.29 is 18.8 Å². The minimum atomic E-state index is -0.700. The first-order valence-corrected chi connectivity index (χ1v) is 7.57. The Kier molecular flexibility index (Phi) is 3.98. The van der Waals surface area contributed by atoms with Gasteiger partial charge in [0.1, 0.15) is 24.7 Å². The summed E-state index contributed by atoms with van der Waals surface area (Å²) in [6.07, 6.45) is 0. The monoisotopic (exact) mass is 316 g/mol. The van der Waals surface area contributed by atoms with E-state index in [1.165, 1.54) is 0 Å². The smallest absolute Gasteiger partial charge is 0.230 e. The van der Waals surface area contributed by atoms with Crippen LogP contribution in [0.1, 0.15) is 30.9 Å². The molecule has 1 amide bonds. The number of rotatable bonds is 4. The summed E-state index contributed by atoms with van der Waals surface area (Å²) in [6.45, 7) is 6.98. The Bertz CT molecular complexity index is 721. The summed E-state index contributed by atoms with van der Waals surface area (Å²) in [5.41, 5.74) is 0.874. The maximum Gasteiger partial charge on any atom is 0.230 e. The third-order valence-corrected chi connectivity index (χ3v) is 3.94. The molecule has 0 aliphatic carbocycles. The third-order valence-electron chi connectivity index (χ3n) is 3.94. The van der Waals surface area contributed by atoms with Gasteiger partial charge in [-0.25, -0.2) is 0 Å². The second-order valence-electron chi connectivity index (χ2n) is 6.10. The molecule has 0 bridgehead atoms. The van der Waals surface area contributed by atoms with Crippen LogP contribution in [-0.2, 0) is 16.8 Å². The summed E-state index contributed by atoms with van der Waals surface area (Å²) >= 11 is 0. The van der Waals surface area contributed by atoms with E-state index in [1.807, 2.05) is 39.0 Å². The van der Waals surface area contributed by atoms with Crippen LogP contribution in [0, 0.1) is 6.92 Å². The number of aryl methyl sites for hydroxylation is 1. The molecule has 0 fully saturated rings. The Balaban J connectivity index is 1.73. The van der Waals surface area contributed by atoms with Gasteiger partial charge in [-0.3, -0.25) is 4.79 Å². The van der Waals surface area contributed by atoms with E-state index in [0.29, 0.717) is 37.0 Å². The number of nitrogens with one attached hydrogen (secondary N) is 1. The van der Waals surface area contributed by atoms with Crippen molar-refractivity contribution in [3.05, 3.63) is 41.3 Å². The van der Waals surface area contributed by atoms with Gasteiger partial charge in [0, 0.05) is 6.07 Å². The normalized spacial score (nSPS) is 13.7. The molecule has 122 valence electrons. The van der Waals surface area contributed by atoms with Gasteiger partial charge in [0.15, 0.2) is 11.5 Å². The molecule has 0 saturated carbocycles. The molecule has 0 atom stereocenters. The summed E-state index contributed by atoms with van der Waals surface area (Å²) in [5, 5.41) is 6.77. The minimum Gasteiger partial charge on any atom is -0.486 e. The van der Waals surface area contributed by atoms with Gasteiger partial charge in [-0.2, -0.15) is 0 Å². The van der Waals surface area contributed by atoms with E-state index in [-0.39, 0.29) is 5.91 Å². The molecule has 2 heterocycles. The van der Waals surface area contributed by atoms with Crippen molar-refractivity contribution in [2.24, 2.45) is 0 Å². The zero-order valence-electron chi connectivity index (χ0n) is 13.5. The molecule has 6 heteroatoms. The number of carbonyl (C=O) groups excluding carboxylic acids is 1. The van der Waals surface area contributed by atoms with Gasteiger partial charge in [0.25, 0.3) is 0 Å². The molecule has 1 aromatic carbocycles. The maximum absolute atomic E-state index is 12.6. The first kappa shape index (κ1) is 15.4. The van der Waals surface area contributed by atoms with Crippen molar-refractivity contribution in [1.82, 2.24) is 10.5 Å². The molecule has 1 N–H and O–H groups in total. The van der Waals surface area contributed by atoms with Crippen LogP contribution >= 0.6 is 0 Å². The standard InChI is InChI=1S/C17H20N2O4/c1-11-8-13(19-23-11)10-18-16(20)17(2,3)12-4-5-14-15(9-12)22-7-6-21-14/h4-5,8-9H,6-7,10H2,1-3H3,(H,18,20). The Morgan fingerprint density at radius 2 is 1.96 bits per heavy atom. The van der Waals surface area contributed by atoms with E-state index in [9.17, 15) is 4.79 Å². The van der Waals surface area contributed by atoms with Crippen LogP contribution in [-0.4, -0.2) is 24.3 Å². The lowest BCUT2D eigenvalue weighted by Gasteiger charge is -2.26. The van der Waals surface area contributed by atoms with E-state index < -0.39 is 5.41 Å². The van der Waals surface area contributed by atoms with Crippen molar-refractivity contribution in [1.29, 1.82) is 0 Å². The molecule has 23 heavy (non-hydrogen) atoms. The van der Waals surface area contributed by atoms with Crippen LogP contribution < -0.4 is 14.8 Å². The van der Waals surface area contributed by atoms with Crippen molar-refractivity contribution in [2.75, 3.05) is 13.2 Å². The van der Waals surface area contributed by atoms with Gasteiger partial charge in [0.2, 0.25) is 5.91 Å². The van der Waals surface area contributed by atoms with E-state index >= 15 is 0 Å². The van der Waals surface area contributed by atoms with E-state index in [4.69, 9.17) is 14.0 Å². The van der Waals surface area contributed by atoms with Gasteiger partial charge < -0.3 is 19.3 Å². The number of hydrogen-bond acceptors (Lipinski definition) is 5.